The molecule has 0 aliphatic heterocycles. The van der Waals surface area contributed by atoms with E-state index in [0.29, 0.717) is 46.3 Å². The first kappa shape index (κ1) is 25.3. The third-order valence-electron chi connectivity index (χ3n) is 4.69. The van der Waals surface area contributed by atoms with Crippen molar-refractivity contribution >= 4 is 34.7 Å². The largest absolute Gasteiger partial charge is 0.493 e. The lowest BCUT2D eigenvalue weighted by Gasteiger charge is -2.14. The second-order valence-corrected chi connectivity index (χ2v) is 8.07. The molecule has 3 aromatic rings. The maximum atomic E-state index is 13.9. The normalized spacial score (nSPS) is 10.7. The maximum Gasteiger partial charge on any atom is 0.271 e. The average Bonchev–Trinajstić information content (AvgIpc) is 2.84. The molecule has 0 saturated carbocycles. The summed E-state index contributed by atoms with van der Waals surface area (Å²) in [6.45, 7) is 2.36. The van der Waals surface area contributed by atoms with Crippen molar-refractivity contribution in [2.75, 3.05) is 20.8 Å². The Morgan fingerprint density at radius 1 is 1.03 bits per heavy atom. The first-order valence-electron chi connectivity index (χ1n) is 10.3. The number of halogens is 2. The lowest BCUT2D eigenvalue weighted by atomic mass is 10.2. The molecule has 34 heavy (non-hydrogen) atoms. The van der Waals surface area contributed by atoms with Crippen LogP contribution in [0.15, 0.2) is 59.7 Å². The van der Waals surface area contributed by atoms with Crippen LogP contribution in [0.3, 0.4) is 0 Å². The molecule has 178 valence electrons. The molecule has 3 rings (SSSR count). The first-order chi connectivity index (χ1) is 16.5. The van der Waals surface area contributed by atoms with Crippen LogP contribution in [0.2, 0.25) is 0 Å². The summed E-state index contributed by atoms with van der Waals surface area (Å²) in [6, 6.07) is 14.9. The van der Waals surface area contributed by atoms with Gasteiger partial charge in [0.25, 0.3) is 5.91 Å². The van der Waals surface area contributed by atoms with E-state index in [9.17, 15) is 9.18 Å². The van der Waals surface area contributed by atoms with Gasteiger partial charge in [-0.25, -0.2) is 9.82 Å². The second kappa shape index (κ2) is 12.2. The Bertz CT molecular complexity index is 1190. The van der Waals surface area contributed by atoms with Gasteiger partial charge < -0.3 is 18.9 Å². The van der Waals surface area contributed by atoms with Gasteiger partial charge in [-0.2, -0.15) is 5.10 Å². The van der Waals surface area contributed by atoms with Crippen LogP contribution in [0.1, 0.15) is 28.4 Å². The summed E-state index contributed by atoms with van der Waals surface area (Å²) < 4.78 is 36.6. The quantitative estimate of drug-likeness (QED) is 0.204. The Kier molecular flexibility index (Phi) is 9.08. The highest BCUT2D eigenvalue weighted by molar-refractivity contribution is 14.1. The third kappa shape index (κ3) is 6.37. The van der Waals surface area contributed by atoms with Gasteiger partial charge in [-0.3, -0.25) is 4.79 Å². The van der Waals surface area contributed by atoms with Crippen molar-refractivity contribution in [3.8, 4) is 23.0 Å². The Labute approximate surface area is 211 Å². The summed E-state index contributed by atoms with van der Waals surface area (Å²) in [7, 11) is 3.05. The summed E-state index contributed by atoms with van der Waals surface area (Å²) in [6.07, 6.45) is 1.50. The zero-order valence-electron chi connectivity index (χ0n) is 18.9. The van der Waals surface area contributed by atoms with E-state index >= 15 is 0 Å². The number of hydrogen-bond donors (Lipinski definition) is 1. The van der Waals surface area contributed by atoms with Gasteiger partial charge in [0.1, 0.15) is 12.4 Å². The van der Waals surface area contributed by atoms with E-state index in [1.54, 1.807) is 42.5 Å². The van der Waals surface area contributed by atoms with Gasteiger partial charge in [0.15, 0.2) is 23.0 Å². The van der Waals surface area contributed by atoms with Crippen molar-refractivity contribution in [1.29, 1.82) is 0 Å². The molecule has 0 unspecified atom stereocenters. The van der Waals surface area contributed by atoms with Crippen LogP contribution in [0.4, 0.5) is 4.39 Å². The molecule has 0 aliphatic carbocycles. The number of methoxy groups -OCH3 is 2. The molecular formula is C25H24FIN2O5. The summed E-state index contributed by atoms with van der Waals surface area (Å²) in [5, 5.41) is 4.04. The molecule has 0 spiro atoms. The molecule has 0 saturated heterocycles. The van der Waals surface area contributed by atoms with Crippen LogP contribution in [-0.2, 0) is 6.61 Å². The summed E-state index contributed by atoms with van der Waals surface area (Å²) >= 11 is 2.11. The van der Waals surface area contributed by atoms with Crippen molar-refractivity contribution in [2.45, 2.75) is 13.5 Å². The van der Waals surface area contributed by atoms with E-state index in [2.05, 4.69) is 33.1 Å². The fourth-order valence-electron chi connectivity index (χ4n) is 3.04. The SMILES string of the molecule is CCOc1cc(C(=O)N/N=C/c2cc(I)c(OCc3ccccc3F)c(OC)c2)ccc1OC. The number of ether oxygens (including phenoxy) is 4. The van der Waals surface area contributed by atoms with Crippen molar-refractivity contribution in [1.82, 2.24) is 5.43 Å². The molecule has 0 bridgehead atoms. The number of rotatable bonds is 10. The topological polar surface area (TPSA) is 78.4 Å². The average molecular weight is 578 g/mol. The molecule has 0 fully saturated rings. The summed E-state index contributed by atoms with van der Waals surface area (Å²) in [4.78, 5) is 12.5. The van der Waals surface area contributed by atoms with Crippen molar-refractivity contribution < 1.29 is 28.1 Å². The highest BCUT2D eigenvalue weighted by Crippen LogP contribution is 2.34. The zero-order valence-corrected chi connectivity index (χ0v) is 21.1. The van der Waals surface area contributed by atoms with Crippen molar-refractivity contribution in [3.05, 3.63) is 80.7 Å². The van der Waals surface area contributed by atoms with Gasteiger partial charge in [-0.1, -0.05) is 18.2 Å². The summed E-state index contributed by atoms with van der Waals surface area (Å²) in [5.41, 5.74) is 4.01. The van der Waals surface area contributed by atoms with Crippen molar-refractivity contribution in [3.63, 3.8) is 0 Å². The fourth-order valence-corrected chi connectivity index (χ4v) is 3.82. The molecule has 9 heteroatoms. The van der Waals surface area contributed by atoms with E-state index in [-0.39, 0.29) is 12.4 Å². The minimum atomic E-state index is -0.397. The van der Waals surface area contributed by atoms with E-state index in [1.165, 1.54) is 26.5 Å². The molecule has 0 aromatic heterocycles. The number of hydrogen-bond acceptors (Lipinski definition) is 6. The molecule has 0 aliphatic rings. The highest BCUT2D eigenvalue weighted by Gasteiger charge is 2.13. The van der Waals surface area contributed by atoms with Gasteiger partial charge in [0.05, 0.1) is 30.6 Å². The van der Waals surface area contributed by atoms with Gasteiger partial charge in [-0.05, 0) is 71.5 Å². The van der Waals surface area contributed by atoms with E-state index < -0.39 is 5.91 Å². The number of nitrogens with one attached hydrogen (secondary N) is 1. The van der Waals surface area contributed by atoms with Crippen LogP contribution in [-0.4, -0.2) is 32.9 Å². The molecule has 0 atom stereocenters. The van der Waals surface area contributed by atoms with Crippen LogP contribution >= 0.6 is 22.6 Å². The van der Waals surface area contributed by atoms with Gasteiger partial charge in [0, 0.05) is 11.1 Å². The number of hydrazone groups is 1. The van der Waals surface area contributed by atoms with Crippen molar-refractivity contribution in [2.24, 2.45) is 5.10 Å². The predicted octanol–water partition coefficient (Wildman–Crippen LogP) is 5.19. The maximum absolute atomic E-state index is 13.9. The third-order valence-corrected chi connectivity index (χ3v) is 5.49. The number of carbonyl (C=O) groups excluding carboxylic acids is 1. The van der Waals surface area contributed by atoms with Crippen LogP contribution < -0.4 is 24.4 Å². The van der Waals surface area contributed by atoms with Gasteiger partial charge in [0.2, 0.25) is 0 Å². The van der Waals surface area contributed by atoms with E-state index in [1.807, 2.05) is 13.0 Å². The molecular weight excluding hydrogens is 554 g/mol. The monoisotopic (exact) mass is 578 g/mol. The minimum Gasteiger partial charge on any atom is -0.493 e. The Morgan fingerprint density at radius 2 is 1.79 bits per heavy atom. The second-order valence-electron chi connectivity index (χ2n) is 6.91. The lowest BCUT2D eigenvalue weighted by Crippen LogP contribution is -2.17. The molecule has 0 radical (unpaired) electrons. The Hall–Kier alpha value is -3.34. The van der Waals surface area contributed by atoms with E-state index in [0.717, 1.165) is 3.57 Å². The Morgan fingerprint density at radius 3 is 2.50 bits per heavy atom. The zero-order chi connectivity index (χ0) is 24.5. The number of nitrogens with zero attached hydrogens (tertiary/aromatic N) is 1. The first-order valence-corrected chi connectivity index (χ1v) is 11.4. The van der Waals surface area contributed by atoms with Crippen LogP contribution in [0, 0.1) is 9.39 Å². The lowest BCUT2D eigenvalue weighted by molar-refractivity contribution is 0.0954. The molecule has 1 amide bonds. The van der Waals surface area contributed by atoms with Gasteiger partial charge in [-0.15, -0.1) is 0 Å². The molecule has 0 heterocycles. The number of carbonyl (C=O) groups is 1. The molecule has 1 N–H and O–H groups in total. The van der Waals surface area contributed by atoms with E-state index in [4.69, 9.17) is 18.9 Å². The molecule has 7 nitrogen and oxygen atoms in total. The number of amides is 1. The highest BCUT2D eigenvalue weighted by atomic mass is 127. The number of benzene rings is 3. The predicted molar refractivity (Wildman–Crippen MR) is 136 cm³/mol. The Balaban J connectivity index is 1.70. The van der Waals surface area contributed by atoms with Gasteiger partial charge >= 0.3 is 0 Å². The standard InChI is InChI=1S/C25H24FIN2O5/c1-4-33-22-13-17(9-10-21(22)31-2)25(30)29-28-14-16-11-20(27)24(23(12-16)32-3)34-15-18-7-5-6-8-19(18)26/h5-14H,4,15H2,1-3H3,(H,29,30)/b28-14+. The van der Waals surface area contributed by atoms with Crippen LogP contribution in [0.5, 0.6) is 23.0 Å². The van der Waals surface area contributed by atoms with Crippen LogP contribution in [0.25, 0.3) is 0 Å². The summed E-state index contributed by atoms with van der Waals surface area (Å²) in [5.74, 6) is 1.25. The smallest absolute Gasteiger partial charge is 0.271 e. The minimum absolute atomic E-state index is 0.0636. The fraction of sp³-hybridized carbons (Fsp3) is 0.200. The molecule has 3 aromatic carbocycles.